The first kappa shape index (κ1) is 24.1. The molecule has 1 heterocycles. The van der Waals surface area contributed by atoms with Crippen LogP contribution in [0.1, 0.15) is 64.8 Å². The van der Waals surface area contributed by atoms with Crippen molar-refractivity contribution in [2.24, 2.45) is 11.7 Å². The Morgan fingerprint density at radius 3 is 2.39 bits per heavy atom. The summed E-state index contributed by atoms with van der Waals surface area (Å²) in [7, 11) is 0. The first-order valence-electron chi connectivity index (χ1n) is 9.66. The predicted octanol–water partition coefficient (Wildman–Crippen LogP) is 4.09. The van der Waals surface area contributed by atoms with E-state index >= 15 is 0 Å². The summed E-state index contributed by atoms with van der Waals surface area (Å²) in [4.78, 5) is 16.7. The van der Waals surface area contributed by atoms with Gasteiger partial charge in [-0.2, -0.15) is 4.98 Å². The third-order valence-corrected chi connectivity index (χ3v) is 4.62. The van der Waals surface area contributed by atoms with Gasteiger partial charge in [-0.1, -0.05) is 57.1 Å². The van der Waals surface area contributed by atoms with Crippen LogP contribution in [-0.4, -0.2) is 28.1 Å². The summed E-state index contributed by atoms with van der Waals surface area (Å²) in [5.74, 6) is 1.90. The minimum atomic E-state index is -0.386. The number of benzene rings is 1. The maximum Gasteiger partial charge on any atom is 0.227 e. The molecule has 0 aliphatic carbocycles. The van der Waals surface area contributed by atoms with Gasteiger partial charge >= 0.3 is 0 Å². The average molecular weight is 409 g/mol. The van der Waals surface area contributed by atoms with Crippen LogP contribution in [0.3, 0.4) is 0 Å². The fraction of sp³-hybridized carbons (Fsp3) is 0.571. The Labute approximate surface area is 174 Å². The summed E-state index contributed by atoms with van der Waals surface area (Å²) in [5.41, 5.74) is 7.64. The van der Waals surface area contributed by atoms with E-state index in [1.165, 1.54) is 5.56 Å². The zero-order valence-corrected chi connectivity index (χ0v) is 18.3. The number of hydrogen-bond donors (Lipinski definition) is 2. The minimum Gasteiger partial charge on any atom is -0.350 e. The number of hydrogen-bond acceptors (Lipinski definition) is 5. The Kier molecular flexibility index (Phi) is 9.11. The molecule has 3 N–H and O–H groups in total. The number of rotatable bonds is 9. The van der Waals surface area contributed by atoms with Gasteiger partial charge in [0.1, 0.15) is 0 Å². The Balaban J connectivity index is 0.00000392. The molecule has 6 nitrogen and oxygen atoms in total. The number of aromatic nitrogens is 2. The number of carbonyl (C=O) groups is 1. The summed E-state index contributed by atoms with van der Waals surface area (Å²) >= 11 is 0. The van der Waals surface area contributed by atoms with E-state index in [0.717, 1.165) is 12.0 Å². The van der Waals surface area contributed by atoms with Crippen LogP contribution < -0.4 is 11.1 Å². The largest absolute Gasteiger partial charge is 0.350 e. The van der Waals surface area contributed by atoms with E-state index in [-0.39, 0.29) is 23.9 Å². The fourth-order valence-electron chi connectivity index (χ4n) is 3.20. The molecular formula is C21H33ClN4O2. The summed E-state index contributed by atoms with van der Waals surface area (Å²) < 4.78 is 5.30. The highest BCUT2D eigenvalue weighted by molar-refractivity contribution is 5.85. The van der Waals surface area contributed by atoms with Crippen LogP contribution in [0.15, 0.2) is 28.8 Å². The Morgan fingerprint density at radius 1 is 1.21 bits per heavy atom. The molecule has 156 valence electrons. The van der Waals surface area contributed by atoms with E-state index in [1.54, 1.807) is 0 Å². The van der Waals surface area contributed by atoms with Gasteiger partial charge in [0.2, 0.25) is 17.6 Å². The van der Waals surface area contributed by atoms with Gasteiger partial charge in [0.25, 0.3) is 0 Å². The van der Waals surface area contributed by atoms with Crippen LogP contribution in [0.5, 0.6) is 0 Å². The summed E-state index contributed by atoms with van der Waals surface area (Å²) in [6.07, 6.45) is 1.54. The minimum absolute atomic E-state index is 0. The van der Waals surface area contributed by atoms with Crippen molar-refractivity contribution in [2.75, 3.05) is 6.54 Å². The number of nitrogens with one attached hydrogen (secondary N) is 1. The van der Waals surface area contributed by atoms with Crippen LogP contribution in [0.4, 0.5) is 0 Å². The number of nitrogens with zero attached hydrogens (tertiary/aromatic N) is 2. The Hall–Kier alpha value is -1.92. The van der Waals surface area contributed by atoms with Crippen LogP contribution >= 0.6 is 12.4 Å². The van der Waals surface area contributed by atoms with E-state index in [2.05, 4.69) is 55.3 Å². The van der Waals surface area contributed by atoms with E-state index in [1.807, 2.05) is 19.1 Å². The second-order valence-corrected chi connectivity index (χ2v) is 8.20. The molecule has 0 fully saturated rings. The second-order valence-electron chi connectivity index (χ2n) is 8.20. The van der Waals surface area contributed by atoms with Crippen molar-refractivity contribution in [3.63, 3.8) is 0 Å². The molecule has 0 saturated carbocycles. The van der Waals surface area contributed by atoms with Crippen LogP contribution in [0, 0.1) is 5.92 Å². The lowest BCUT2D eigenvalue weighted by Gasteiger charge is -2.31. The van der Waals surface area contributed by atoms with Crippen LogP contribution in [-0.2, 0) is 11.2 Å². The van der Waals surface area contributed by atoms with Crippen LogP contribution in [0.25, 0.3) is 11.4 Å². The molecule has 0 radical (unpaired) electrons. The molecule has 7 heteroatoms. The first-order valence-corrected chi connectivity index (χ1v) is 9.66. The molecule has 0 spiro atoms. The van der Waals surface area contributed by atoms with Crippen molar-refractivity contribution >= 4 is 18.3 Å². The lowest BCUT2D eigenvalue weighted by Crippen LogP contribution is -2.52. The lowest BCUT2D eigenvalue weighted by molar-refractivity contribution is -0.123. The summed E-state index contributed by atoms with van der Waals surface area (Å²) in [6.45, 7) is 10.9. The first-order chi connectivity index (χ1) is 12.7. The van der Waals surface area contributed by atoms with Gasteiger partial charge in [0, 0.05) is 30.5 Å². The molecule has 1 aromatic carbocycles. The SMILES string of the molecule is CC(C)CC(C)(CN)NC(=O)CCc1nc(-c2ccc(C(C)C)cc2)no1.Cl. The number of amides is 1. The fourth-order valence-corrected chi connectivity index (χ4v) is 3.20. The highest BCUT2D eigenvalue weighted by atomic mass is 35.5. The van der Waals surface area contributed by atoms with E-state index in [4.69, 9.17) is 10.3 Å². The lowest BCUT2D eigenvalue weighted by atomic mass is 9.90. The molecular weight excluding hydrogens is 376 g/mol. The van der Waals surface area contributed by atoms with Gasteiger partial charge in [-0.3, -0.25) is 4.79 Å². The molecule has 0 bridgehead atoms. The summed E-state index contributed by atoms with van der Waals surface area (Å²) in [6, 6.07) is 8.14. The molecule has 28 heavy (non-hydrogen) atoms. The highest BCUT2D eigenvalue weighted by Crippen LogP contribution is 2.21. The van der Waals surface area contributed by atoms with Crippen molar-refractivity contribution in [2.45, 2.75) is 65.3 Å². The quantitative estimate of drug-likeness (QED) is 0.651. The topological polar surface area (TPSA) is 94.0 Å². The van der Waals surface area contributed by atoms with Crippen molar-refractivity contribution in [3.8, 4) is 11.4 Å². The van der Waals surface area contributed by atoms with E-state index < -0.39 is 0 Å². The van der Waals surface area contributed by atoms with Gasteiger partial charge in [0.05, 0.1) is 0 Å². The summed E-state index contributed by atoms with van der Waals surface area (Å²) in [5, 5.41) is 7.08. The zero-order valence-electron chi connectivity index (χ0n) is 17.5. The van der Waals surface area contributed by atoms with Gasteiger partial charge in [-0.25, -0.2) is 0 Å². The molecule has 2 aromatic rings. The standard InChI is InChI=1S/C21H32N4O2.ClH/c1-14(2)12-21(5,13-22)24-18(26)10-11-19-23-20(25-27-19)17-8-6-16(7-9-17)15(3)4;/h6-9,14-15H,10-13,22H2,1-5H3,(H,24,26);1H. The van der Waals surface area contributed by atoms with Crippen LogP contribution in [0.2, 0.25) is 0 Å². The molecule has 1 atom stereocenters. The van der Waals surface area contributed by atoms with Gasteiger partial charge in [-0.05, 0) is 30.7 Å². The molecule has 0 aliphatic rings. The normalized spacial score (nSPS) is 13.3. The molecule has 2 rings (SSSR count). The molecule has 1 aromatic heterocycles. The average Bonchev–Trinajstić information content (AvgIpc) is 3.08. The maximum absolute atomic E-state index is 12.3. The highest BCUT2D eigenvalue weighted by Gasteiger charge is 2.25. The number of halogens is 1. The predicted molar refractivity (Wildman–Crippen MR) is 114 cm³/mol. The zero-order chi connectivity index (χ0) is 20.0. The van der Waals surface area contributed by atoms with Crippen molar-refractivity contribution in [3.05, 3.63) is 35.7 Å². The van der Waals surface area contributed by atoms with E-state index in [0.29, 0.717) is 42.9 Å². The Morgan fingerprint density at radius 2 is 1.86 bits per heavy atom. The molecule has 1 unspecified atom stereocenters. The smallest absolute Gasteiger partial charge is 0.227 e. The molecule has 0 saturated heterocycles. The number of aryl methyl sites for hydroxylation is 1. The van der Waals surface area contributed by atoms with Gasteiger partial charge < -0.3 is 15.6 Å². The molecule has 1 amide bonds. The number of carbonyl (C=O) groups excluding carboxylic acids is 1. The third-order valence-electron chi connectivity index (χ3n) is 4.62. The van der Waals surface area contributed by atoms with E-state index in [9.17, 15) is 4.79 Å². The second kappa shape index (κ2) is 10.6. The number of nitrogens with two attached hydrogens (primary N) is 1. The van der Waals surface area contributed by atoms with Gasteiger partial charge in [0.15, 0.2) is 0 Å². The van der Waals surface area contributed by atoms with Crippen molar-refractivity contribution in [1.82, 2.24) is 15.5 Å². The van der Waals surface area contributed by atoms with Gasteiger partial charge in [-0.15, -0.1) is 12.4 Å². The third kappa shape index (κ3) is 6.91. The van der Waals surface area contributed by atoms with Crippen molar-refractivity contribution < 1.29 is 9.32 Å². The maximum atomic E-state index is 12.3. The van der Waals surface area contributed by atoms with Crippen molar-refractivity contribution in [1.29, 1.82) is 0 Å². The molecule has 0 aliphatic heterocycles. The Bertz CT molecular complexity index is 743. The monoisotopic (exact) mass is 408 g/mol.